The Balaban J connectivity index is 1.40. The lowest BCUT2D eigenvalue weighted by Gasteiger charge is -2.22. The number of halogens is 1. The molecule has 0 saturated carbocycles. The zero-order chi connectivity index (χ0) is 23.2. The Labute approximate surface area is 191 Å². The van der Waals surface area contributed by atoms with Crippen molar-refractivity contribution in [3.63, 3.8) is 0 Å². The molecule has 166 valence electrons. The van der Waals surface area contributed by atoms with Crippen LogP contribution in [0.5, 0.6) is 0 Å². The minimum absolute atomic E-state index is 0.376. The molecule has 0 bridgehead atoms. The maximum Gasteiger partial charge on any atom is 0.325 e. The van der Waals surface area contributed by atoms with E-state index in [1.165, 1.54) is 23.5 Å². The highest BCUT2D eigenvalue weighted by Gasteiger charge is 2.49. The molecule has 5 rings (SSSR count). The van der Waals surface area contributed by atoms with Crippen LogP contribution in [-0.4, -0.2) is 38.7 Å². The highest BCUT2D eigenvalue weighted by Crippen LogP contribution is 2.32. The van der Waals surface area contributed by atoms with Gasteiger partial charge in [0, 0.05) is 17.1 Å². The summed E-state index contributed by atoms with van der Waals surface area (Å²) in [7, 11) is 0. The summed E-state index contributed by atoms with van der Waals surface area (Å²) >= 11 is 1.38. The molecule has 4 aromatic rings. The zero-order valence-electron chi connectivity index (χ0n) is 17.4. The molecule has 2 N–H and O–H groups in total. The molecule has 8 nitrogen and oxygen atoms in total. The van der Waals surface area contributed by atoms with Crippen LogP contribution in [-0.2, 0) is 15.1 Å². The fraction of sp³-hybridized carbons (Fsp3) is 0.130. The standard InChI is InChI=1S/C23H18FN5O3S/c1-23(15-5-3-2-4-6-15)20(31)29(21(32)27-23)13-17(30)25-19-18(14-7-9-16(24)10-8-14)26-22-28(19)11-12-33-22/h2-12H,13H2,1H3,(H,25,30)(H,27,32). The molecule has 0 radical (unpaired) electrons. The predicted molar refractivity (Wildman–Crippen MR) is 121 cm³/mol. The van der Waals surface area contributed by atoms with Crippen molar-refractivity contribution in [1.82, 2.24) is 19.6 Å². The summed E-state index contributed by atoms with van der Waals surface area (Å²) in [5.74, 6) is -1.08. The molecule has 1 atom stereocenters. The van der Waals surface area contributed by atoms with Gasteiger partial charge in [-0.25, -0.2) is 14.2 Å². The van der Waals surface area contributed by atoms with E-state index < -0.39 is 29.9 Å². The summed E-state index contributed by atoms with van der Waals surface area (Å²) in [6, 6.07) is 14.0. The van der Waals surface area contributed by atoms with Crippen molar-refractivity contribution in [2.75, 3.05) is 11.9 Å². The minimum Gasteiger partial charge on any atom is -0.319 e. The smallest absolute Gasteiger partial charge is 0.319 e. The van der Waals surface area contributed by atoms with Crippen molar-refractivity contribution in [3.8, 4) is 11.3 Å². The van der Waals surface area contributed by atoms with Crippen molar-refractivity contribution in [3.05, 3.63) is 77.6 Å². The Kier molecular flexibility index (Phi) is 4.94. The second-order valence-corrected chi connectivity index (χ2v) is 8.61. The first kappa shape index (κ1) is 20.8. The summed E-state index contributed by atoms with van der Waals surface area (Å²) in [6.45, 7) is 1.15. The summed E-state index contributed by atoms with van der Waals surface area (Å²) < 4.78 is 15.1. The van der Waals surface area contributed by atoms with Gasteiger partial charge in [-0.2, -0.15) is 0 Å². The third-order valence-electron chi connectivity index (χ3n) is 5.57. The van der Waals surface area contributed by atoms with Crippen LogP contribution in [0.15, 0.2) is 66.2 Å². The van der Waals surface area contributed by atoms with Crippen molar-refractivity contribution in [1.29, 1.82) is 0 Å². The molecular weight excluding hydrogens is 445 g/mol. The number of anilines is 1. The number of hydrogen-bond acceptors (Lipinski definition) is 5. The fourth-order valence-electron chi connectivity index (χ4n) is 3.84. The quantitative estimate of drug-likeness (QED) is 0.442. The molecule has 1 unspecified atom stereocenters. The van der Waals surface area contributed by atoms with E-state index >= 15 is 0 Å². The molecule has 33 heavy (non-hydrogen) atoms. The van der Waals surface area contributed by atoms with E-state index in [4.69, 9.17) is 0 Å². The summed E-state index contributed by atoms with van der Waals surface area (Å²) in [5, 5.41) is 7.27. The summed E-state index contributed by atoms with van der Waals surface area (Å²) in [4.78, 5) is 44.6. The Morgan fingerprint density at radius 2 is 1.88 bits per heavy atom. The van der Waals surface area contributed by atoms with E-state index in [9.17, 15) is 18.8 Å². The zero-order valence-corrected chi connectivity index (χ0v) is 18.2. The number of imidazole rings is 1. The average molecular weight is 463 g/mol. The van der Waals surface area contributed by atoms with E-state index in [0.717, 1.165) is 4.90 Å². The van der Waals surface area contributed by atoms with Crippen molar-refractivity contribution < 1.29 is 18.8 Å². The van der Waals surface area contributed by atoms with Gasteiger partial charge in [-0.1, -0.05) is 30.3 Å². The fourth-order valence-corrected chi connectivity index (χ4v) is 4.55. The monoisotopic (exact) mass is 463 g/mol. The molecule has 0 spiro atoms. The van der Waals surface area contributed by atoms with Crippen LogP contribution in [0.2, 0.25) is 0 Å². The highest BCUT2D eigenvalue weighted by molar-refractivity contribution is 7.15. The molecule has 1 fully saturated rings. The second-order valence-electron chi connectivity index (χ2n) is 7.73. The van der Waals surface area contributed by atoms with Crippen LogP contribution < -0.4 is 10.6 Å². The van der Waals surface area contributed by atoms with Gasteiger partial charge in [-0.05, 0) is 36.8 Å². The number of urea groups is 1. The number of nitrogens with one attached hydrogen (secondary N) is 2. The predicted octanol–water partition coefficient (Wildman–Crippen LogP) is 3.61. The molecule has 1 aliphatic rings. The number of hydrogen-bond donors (Lipinski definition) is 2. The number of rotatable bonds is 5. The Bertz CT molecular complexity index is 1380. The van der Waals surface area contributed by atoms with E-state index in [-0.39, 0.29) is 5.82 Å². The van der Waals surface area contributed by atoms with E-state index in [0.29, 0.717) is 27.6 Å². The van der Waals surface area contributed by atoms with Gasteiger partial charge in [0.2, 0.25) is 5.91 Å². The Morgan fingerprint density at radius 1 is 1.15 bits per heavy atom. The van der Waals surface area contributed by atoms with Gasteiger partial charge < -0.3 is 10.6 Å². The second kappa shape index (κ2) is 7.82. The van der Waals surface area contributed by atoms with Gasteiger partial charge >= 0.3 is 6.03 Å². The van der Waals surface area contributed by atoms with Crippen molar-refractivity contribution in [2.45, 2.75) is 12.5 Å². The number of carbonyl (C=O) groups is 3. The number of benzene rings is 2. The lowest BCUT2D eigenvalue weighted by Crippen LogP contribution is -2.42. The molecule has 1 saturated heterocycles. The molecule has 0 aliphatic carbocycles. The van der Waals surface area contributed by atoms with Crippen molar-refractivity contribution >= 4 is 40.0 Å². The molecule has 3 heterocycles. The summed E-state index contributed by atoms with van der Waals surface area (Å²) in [6.07, 6.45) is 1.75. The van der Waals surface area contributed by atoms with Gasteiger partial charge in [0.1, 0.15) is 29.4 Å². The highest BCUT2D eigenvalue weighted by atomic mass is 32.1. The lowest BCUT2D eigenvalue weighted by molar-refractivity contribution is -0.133. The van der Waals surface area contributed by atoms with E-state index in [1.54, 1.807) is 53.9 Å². The number of fused-ring (bicyclic) bond motifs is 1. The van der Waals surface area contributed by atoms with Crippen LogP contribution in [0.4, 0.5) is 15.0 Å². The minimum atomic E-state index is -1.25. The number of aromatic nitrogens is 2. The van der Waals surface area contributed by atoms with Crippen LogP contribution in [0.1, 0.15) is 12.5 Å². The third kappa shape index (κ3) is 3.54. The Morgan fingerprint density at radius 3 is 2.61 bits per heavy atom. The van der Waals surface area contributed by atoms with Gasteiger partial charge in [-0.3, -0.25) is 18.9 Å². The van der Waals surface area contributed by atoms with Crippen LogP contribution in [0.3, 0.4) is 0 Å². The van der Waals surface area contributed by atoms with Gasteiger partial charge in [0.05, 0.1) is 0 Å². The maximum absolute atomic E-state index is 13.4. The Hall–Kier alpha value is -4.05. The number of amides is 4. The van der Waals surface area contributed by atoms with Crippen LogP contribution in [0, 0.1) is 5.82 Å². The number of carbonyl (C=O) groups excluding carboxylic acids is 3. The number of imide groups is 1. The molecular formula is C23H18FN5O3S. The molecule has 4 amide bonds. The van der Waals surface area contributed by atoms with Gasteiger partial charge in [0.15, 0.2) is 4.96 Å². The SMILES string of the molecule is CC1(c2ccccc2)NC(=O)N(CC(=O)Nc2c(-c3ccc(F)cc3)nc3sccn23)C1=O. The van der Waals surface area contributed by atoms with Crippen LogP contribution in [0.25, 0.3) is 16.2 Å². The molecule has 2 aromatic carbocycles. The first-order valence-corrected chi connectivity index (χ1v) is 11.0. The number of nitrogens with zero attached hydrogens (tertiary/aromatic N) is 3. The number of thiazole rings is 1. The van der Waals surface area contributed by atoms with Crippen LogP contribution >= 0.6 is 11.3 Å². The molecule has 10 heteroatoms. The topological polar surface area (TPSA) is 95.8 Å². The normalized spacial score (nSPS) is 18.1. The third-order valence-corrected chi connectivity index (χ3v) is 6.32. The largest absolute Gasteiger partial charge is 0.325 e. The first-order valence-electron chi connectivity index (χ1n) is 10.1. The summed E-state index contributed by atoms with van der Waals surface area (Å²) in [5.41, 5.74) is 0.450. The average Bonchev–Trinajstić information content (AvgIpc) is 3.46. The molecule has 2 aromatic heterocycles. The van der Waals surface area contributed by atoms with Crippen molar-refractivity contribution in [2.24, 2.45) is 0 Å². The van der Waals surface area contributed by atoms with E-state index in [2.05, 4.69) is 15.6 Å². The van der Waals surface area contributed by atoms with Gasteiger partial charge in [0.25, 0.3) is 5.91 Å². The lowest BCUT2D eigenvalue weighted by atomic mass is 9.92. The maximum atomic E-state index is 13.4. The first-order chi connectivity index (χ1) is 15.9. The van der Waals surface area contributed by atoms with Gasteiger partial charge in [-0.15, -0.1) is 11.3 Å². The van der Waals surface area contributed by atoms with E-state index in [1.807, 2.05) is 11.4 Å². The molecule has 1 aliphatic heterocycles.